The summed E-state index contributed by atoms with van der Waals surface area (Å²) in [7, 11) is 0. The molecular formula is C22H17F3N8O. The number of nitrogens with zero attached hydrogens (tertiary/aromatic N) is 5. The van der Waals surface area contributed by atoms with Crippen molar-refractivity contribution in [1.29, 1.82) is 5.26 Å². The van der Waals surface area contributed by atoms with Crippen LogP contribution in [0.1, 0.15) is 12.5 Å². The topological polar surface area (TPSA) is 132 Å². The highest BCUT2D eigenvalue weighted by Crippen LogP contribution is 2.30. The molecule has 0 spiro atoms. The number of aromatic nitrogens is 5. The third-order valence-corrected chi connectivity index (χ3v) is 4.90. The molecule has 0 aliphatic heterocycles. The SMILES string of the molecule is C[C@@H](NCC(F)(F)F)C(=O)Nc1cncc(-c2c[nH]c3ncc(-c4cncc(C#N)c4)cc23)n1. The van der Waals surface area contributed by atoms with Crippen molar-refractivity contribution in [2.45, 2.75) is 19.1 Å². The lowest BCUT2D eigenvalue weighted by molar-refractivity contribution is -0.129. The average Bonchev–Trinajstić information content (AvgIpc) is 3.25. The highest BCUT2D eigenvalue weighted by Gasteiger charge is 2.28. The second-order valence-corrected chi connectivity index (χ2v) is 7.39. The molecular weight excluding hydrogens is 449 g/mol. The van der Waals surface area contributed by atoms with E-state index in [0.29, 0.717) is 28.0 Å². The number of carbonyl (C=O) groups excluding carboxylic acids is 1. The third kappa shape index (κ3) is 5.16. The van der Waals surface area contributed by atoms with E-state index >= 15 is 0 Å². The quantitative estimate of drug-likeness (QED) is 0.397. The van der Waals surface area contributed by atoms with Crippen molar-refractivity contribution in [3.05, 3.63) is 54.9 Å². The molecule has 0 fully saturated rings. The minimum absolute atomic E-state index is 0.0903. The molecule has 0 saturated heterocycles. The highest BCUT2D eigenvalue weighted by atomic mass is 19.4. The van der Waals surface area contributed by atoms with Crippen LogP contribution in [0.5, 0.6) is 0 Å². The van der Waals surface area contributed by atoms with Gasteiger partial charge in [0.15, 0.2) is 5.82 Å². The van der Waals surface area contributed by atoms with Crippen LogP contribution in [0.4, 0.5) is 19.0 Å². The number of aromatic amines is 1. The van der Waals surface area contributed by atoms with Crippen LogP contribution in [-0.2, 0) is 4.79 Å². The number of carbonyl (C=O) groups is 1. The number of hydrogen-bond acceptors (Lipinski definition) is 7. The van der Waals surface area contributed by atoms with Crippen LogP contribution in [0, 0.1) is 11.3 Å². The van der Waals surface area contributed by atoms with Crippen LogP contribution in [-0.4, -0.2) is 49.6 Å². The summed E-state index contributed by atoms with van der Waals surface area (Å²) < 4.78 is 37.1. The lowest BCUT2D eigenvalue weighted by Crippen LogP contribution is -2.42. The van der Waals surface area contributed by atoms with E-state index in [1.165, 1.54) is 25.5 Å². The summed E-state index contributed by atoms with van der Waals surface area (Å²) in [5, 5.41) is 14.4. The first-order chi connectivity index (χ1) is 16.2. The Kier molecular flexibility index (Phi) is 6.20. The van der Waals surface area contributed by atoms with Crippen molar-refractivity contribution in [3.8, 4) is 28.5 Å². The number of anilines is 1. The Labute approximate surface area is 191 Å². The molecule has 4 aromatic rings. The van der Waals surface area contributed by atoms with E-state index in [1.54, 1.807) is 24.7 Å². The highest BCUT2D eigenvalue weighted by molar-refractivity contribution is 5.96. The monoisotopic (exact) mass is 466 g/mol. The summed E-state index contributed by atoms with van der Waals surface area (Å²) in [6.45, 7) is 0.0339. The fourth-order valence-electron chi connectivity index (χ4n) is 3.18. The minimum atomic E-state index is -4.43. The van der Waals surface area contributed by atoms with Gasteiger partial charge in [-0.1, -0.05) is 0 Å². The van der Waals surface area contributed by atoms with Crippen LogP contribution in [0.15, 0.2) is 49.3 Å². The van der Waals surface area contributed by atoms with E-state index < -0.39 is 24.7 Å². The number of hydrogen-bond donors (Lipinski definition) is 3. The van der Waals surface area contributed by atoms with Gasteiger partial charge in [-0.3, -0.25) is 20.1 Å². The number of amides is 1. The molecule has 0 aliphatic rings. The van der Waals surface area contributed by atoms with Gasteiger partial charge in [0.1, 0.15) is 11.7 Å². The molecule has 12 heteroatoms. The van der Waals surface area contributed by atoms with Crippen molar-refractivity contribution in [2.24, 2.45) is 0 Å². The van der Waals surface area contributed by atoms with E-state index in [9.17, 15) is 18.0 Å². The van der Waals surface area contributed by atoms with Gasteiger partial charge in [0.2, 0.25) is 5.91 Å². The van der Waals surface area contributed by atoms with E-state index in [4.69, 9.17) is 5.26 Å². The maximum absolute atomic E-state index is 12.4. The zero-order chi connectivity index (χ0) is 24.3. The number of rotatable bonds is 6. The Hall–Kier alpha value is -4.37. The lowest BCUT2D eigenvalue weighted by Gasteiger charge is -2.15. The van der Waals surface area contributed by atoms with Crippen LogP contribution < -0.4 is 10.6 Å². The molecule has 0 radical (unpaired) electrons. The first-order valence-electron chi connectivity index (χ1n) is 9.99. The number of H-pyrrole nitrogens is 1. The Balaban J connectivity index is 1.59. The van der Waals surface area contributed by atoms with Gasteiger partial charge in [0.25, 0.3) is 0 Å². The molecule has 4 rings (SSSR count). The van der Waals surface area contributed by atoms with E-state index in [-0.39, 0.29) is 5.82 Å². The molecule has 0 saturated carbocycles. The number of fused-ring (bicyclic) bond motifs is 1. The second kappa shape index (κ2) is 9.24. The fourth-order valence-corrected chi connectivity index (χ4v) is 3.18. The first-order valence-corrected chi connectivity index (χ1v) is 9.99. The first kappa shape index (κ1) is 22.8. The number of pyridine rings is 2. The van der Waals surface area contributed by atoms with E-state index in [0.717, 1.165) is 10.9 Å². The van der Waals surface area contributed by atoms with Crippen LogP contribution in [0.3, 0.4) is 0 Å². The molecule has 3 N–H and O–H groups in total. The van der Waals surface area contributed by atoms with E-state index in [2.05, 4.69) is 35.6 Å². The molecule has 172 valence electrons. The predicted molar refractivity (Wildman–Crippen MR) is 117 cm³/mol. The van der Waals surface area contributed by atoms with Crippen LogP contribution in [0.2, 0.25) is 0 Å². The van der Waals surface area contributed by atoms with Crippen molar-refractivity contribution < 1.29 is 18.0 Å². The third-order valence-electron chi connectivity index (χ3n) is 4.90. The van der Waals surface area contributed by atoms with Gasteiger partial charge in [-0.2, -0.15) is 18.4 Å². The predicted octanol–water partition coefficient (Wildman–Crippen LogP) is 3.43. The molecule has 1 amide bonds. The van der Waals surface area contributed by atoms with Gasteiger partial charge in [0, 0.05) is 46.9 Å². The molecule has 0 aromatic carbocycles. The number of alkyl halides is 3. The average molecular weight is 466 g/mol. The summed E-state index contributed by atoms with van der Waals surface area (Å²) in [6.07, 6.45) is 4.80. The molecule has 9 nitrogen and oxygen atoms in total. The zero-order valence-electron chi connectivity index (χ0n) is 17.7. The summed E-state index contributed by atoms with van der Waals surface area (Å²) in [6, 6.07) is 4.52. The zero-order valence-corrected chi connectivity index (χ0v) is 17.7. The van der Waals surface area contributed by atoms with Gasteiger partial charge in [-0.25, -0.2) is 9.97 Å². The molecule has 34 heavy (non-hydrogen) atoms. The Morgan fingerprint density at radius 1 is 1.15 bits per heavy atom. The van der Waals surface area contributed by atoms with Crippen LogP contribution in [0.25, 0.3) is 33.4 Å². The molecule has 1 atom stereocenters. The van der Waals surface area contributed by atoms with Crippen LogP contribution >= 0.6 is 0 Å². The molecule has 0 aliphatic carbocycles. The van der Waals surface area contributed by atoms with Crippen molar-refractivity contribution in [1.82, 2.24) is 30.2 Å². The van der Waals surface area contributed by atoms with Gasteiger partial charge in [-0.15, -0.1) is 0 Å². The standard InChI is InChI=1S/C22H17F3N8O/c1-12(31-11-22(23,24)25)21(34)33-19-10-28-9-18(32-19)17-8-30-20-16(17)3-15(7-29-20)14-2-13(4-26)5-27-6-14/h2-3,5-10,12,31H,11H2,1H3,(H,29,30)(H,32,33,34)/t12-/m1/s1. The largest absolute Gasteiger partial charge is 0.401 e. The van der Waals surface area contributed by atoms with Crippen molar-refractivity contribution in [3.63, 3.8) is 0 Å². The molecule has 4 heterocycles. The van der Waals surface area contributed by atoms with E-state index in [1.807, 2.05) is 12.1 Å². The maximum atomic E-state index is 12.4. The molecule has 0 bridgehead atoms. The number of nitriles is 1. The van der Waals surface area contributed by atoms with Gasteiger partial charge in [-0.05, 0) is 19.1 Å². The van der Waals surface area contributed by atoms with Gasteiger partial charge >= 0.3 is 6.18 Å². The second-order valence-electron chi connectivity index (χ2n) is 7.39. The summed E-state index contributed by atoms with van der Waals surface area (Å²) in [4.78, 5) is 32.2. The van der Waals surface area contributed by atoms with Crippen molar-refractivity contribution in [2.75, 3.05) is 11.9 Å². The summed E-state index contributed by atoms with van der Waals surface area (Å²) in [5.41, 5.74) is 3.53. The summed E-state index contributed by atoms with van der Waals surface area (Å²) in [5.74, 6) is -0.587. The minimum Gasteiger partial charge on any atom is -0.345 e. The van der Waals surface area contributed by atoms with Gasteiger partial charge in [0.05, 0.1) is 36.2 Å². The Bertz CT molecular complexity index is 1390. The maximum Gasteiger partial charge on any atom is 0.401 e. The fraction of sp³-hybridized carbons (Fsp3) is 0.182. The van der Waals surface area contributed by atoms with Crippen molar-refractivity contribution >= 4 is 22.8 Å². The van der Waals surface area contributed by atoms with Gasteiger partial charge < -0.3 is 10.3 Å². The number of halogens is 3. The summed E-state index contributed by atoms with van der Waals surface area (Å²) >= 11 is 0. The Morgan fingerprint density at radius 2 is 1.91 bits per heavy atom. The molecule has 0 unspecified atom stereocenters. The Morgan fingerprint density at radius 3 is 2.68 bits per heavy atom. The smallest absolute Gasteiger partial charge is 0.345 e. The number of nitrogens with one attached hydrogen (secondary N) is 3. The molecule has 4 aromatic heterocycles. The lowest BCUT2D eigenvalue weighted by atomic mass is 10.1. The normalized spacial score (nSPS) is 12.3.